The van der Waals surface area contributed by atoms with Crippen LogP contribution in [-0.2, 0) is 26.2 Å². The number of sulfonamides is 1. The Morgan fingerprint density at radius 1 is 1.03 bits per heavy atom. The number of carbonyl (C=O) groups excluding carboxylic acids is 2. The fraction of sp³-hybridized carbons (Fsp3) is 0.231. The largest absolute Gasteiger partial charge is 0.357 e. The van der Waals surface area contributed by atoms with Gasteiger partial charge in [-0.1, -0.05) is 45.8 Å². The molecule has 0 unspecified atom stereocenters. The number of hydrogen-bond donors (Lipinski definition) is 1. The first-order chi connectivity index (χ1) is 17.0. The first-order valence-electron chi connectivity index (χ1n) is 11.1. The number of carbonyl (C=O) groups is 2. The Balaban J connectivity index is 2.02. The Bertz CT molecular complexity index is 1330. The molecule has 7 nitrogen and oxygen atoms in total. The number of rotatable bonds is 9. The first-order valence-corrected chi connectivity index (χ1v) is 13.4. The summed E-state index contributed by atoms with van der Waals surface area (Å²) in [7, 11) is -2.76. The number of amides is 2. The molecule has 0 aliphatic carbocycles. The molecule has 1 N–H and O–H groups in total. The van der Waals surface area contributed by atoms with Crippen LogP contribution in [-0.4, -0.2) is 44.8 Å². The molecule has 36 heavy (non-hydrogen) atoms. The molecule has 0 radical (unpaired) electrons. The van der Waals surface area contributed by atoms with Gasteiger partial charge in [0.1, 0.15) is 18.4 Å². The van der Waals surface area contributed by atoms with Gasteiger partial charge in [0, 0.05) is 18.1 Å². The van der Waals surface area contributed by atoms with Crippen molar-refractivity contribution in [2.45, 2.75) is 31.3 Å². The summed E-state index contributed by atoms with van der Waals surface area (Å²) in [6.07, 6.45) is 0. The molecule has 0 heterocycles. The van der Waals surface area contributed by atoms with Crippen LogP contribution in [0.25, 0.3) is 0 Å². The molecular weight excluding hydrogens is 549 g/mol. The number of nitrogens with zero attached hydrogens (tertiary/aromatic N) is 2. The topological polar surface area (TPSA) is 86.8 Å². The Morgan fingerprint density at radius 3 is 2.25 bits per heavy atom. The zero-order valence-electron chi connectivity index (χ0n) is 20.1. The fourth-order valence-electron chi connectivity index (χ4n) is 3.60. The van der Waals surface area contributed by atoms with Crippen LogP contribution in [0, 0.1) is 12.7 Å². The maximum Gasteiger partial charge on any atom is 0.264 e. The van der Waals surface area contributed by atoms with Crippen molar-refractivity contribution < 1.29 is 22.4 Å². The van der Waals surface area contributed by atoms with E-state index in [9.17, 15) is 22.4 Å². The summed E-state index contributed by atoms with van der Waals surface area (Å²) < 4.78 is 42.5. The SMILES string of the molecule is CNC(=O)[C@@H](C)N(Cc1cccc(Br)c1)C(=O)CN(c1ccc(C)cc1)S(=O)(=O)c1ccc(F)cc1. The minimum atomic E-state index is -4.23. The van der Waals surface area contributed by atoms with Gasteiger partial charge < -0.3 is 10.2 Å². The smallest absolute Gasteiger partial charge is 0.264 e. The molecule has 3 aromatic rings. The zero-order valence-corrected chi connectivity index (χ0v) is 22.5. The molecule has 1 atom stereocenters. The Hall–Kier alpha value is -3.24. The molecule has 0 aliphatic heterocycles. The lowest BCUT2D eigenvalue weighted by atomic mass is 10.1. The normalized spacial score (nSPS) is 12.0. The monoisotopic (exact) mass is 575 g/mol. The summed E-state index contributed by atoms with van der Waals surface area (Å²) in [5.41, 5.74) is 1.94. The van der Waals surface area contributed by atoms with Gasteiger partial charge in [0.25, 0.3) is 10.0 Å². The van der Waals surface area contributed by atoms with Gasteiger partial charge in [-0.3, -0.25) is 13.9 Å². The van der Waals surface area contributed by atoms with E-state index in [1.807, 2.05) is 31.2 Å². The lowest BCUT2D eigenvalue weighted by Crippen LogP contribution is -2.50. The third-order valence-electron chi connectivity index (χ3n) is 5.66. The lowest BCUT2D eigenvalue weighted by molar-refractivity contribution is -0.139. The number of benzene rings is 3. The number of hydrogen-bond acceptors (Lipinski definition) is 4. The second-order valence-corrected chi connectivity index (χ2v) is 11.0. The Labute approximate surface area is 219 Å². The van der Waals surface area contributed by atoms with Crippen molar-refractivity contribution in [3.05, 3.63) is 94.2 Å². The van der Waals surface area contributed by atoms with E-state index in [1.54, 1.807) is 31.2 Å². The third-order valence-corrected chi connectivity index (χ3v) is 7.94. The third kappa shape index (κ3) is 6.50. The highest BCUT2D eigenvalue weighted by molar-refractivity contribution is 9.10. The predicted octanol–water partition coefficient (Wildman–Crippen LogP) is 4.26. The number of likely N-dealkylation sites (N-methyl/N-ethyl adjacent to an activating group) is 1. The van der Waals surface area contributed by atoms with Gasteiger partial charge in [-0.15, -0.1) is 0 Å². The van der Waals surface area contributed by atoms with Gasteiger partial charge in [-0.05, 0) is 67.9 Å². The van der Waals surface area contributed by atoms with Gasteiger partial charge in [-0.2, -0.15) is 0 Å². The van der Waals surface area contributed by atoms with E-state index in [4.69, 9.17) is 0 Å². The van der Waals surface area contributed by atoms with Crippen LogP contribution in [0.15, 0.2) is 82.2 Å². The minimum Gasteiger partial charge on any atom is -0.357 e. The highest BCUT2D eigenvalue weighted by Gasteiger charge is 2.32. The summed E-state index contributed by atoms with van der Waals surface area (Å²) >= 11 is 3.41. The summed E-state index contributed by atoms with van der Waals surface area (Å²) in [6.45, 7) is 2.97. The van der Waals surface area contributed by atoms with Crippen molar-refractivity contribution in [2.24, 2.45) is 0 Å². The van der Waals surface area contributed by atoms with Gasteiger partial charge in [0.05, 0.1) is 10.6 Å². The standard InChI is InChI=1S/C26H27BrFN3O4S/c1-18-7-11-23(12-8-18)31(36(34,35)24-13-9-22(28)10-14-24)17-25(32)30(19(2)26(33)29-3)16-20-5-4-6-21(27)15-20/h4-15,19H,16-17H2,1-3H3,(H,29,33)/t19-/m1/s1. The number of nitrogens with one attached hydrogen (secondary N) is 1. The molecule has 0 saturated heterocycles. The lowest BCUT2D eigenvalue weighted by Gasteiger charge is -2.31. The van der Waals surface area contributed by atoms with Crippen molar-refractivity contribution in [2.75, 3.05) is 17.9 Å². The second kappa shape index (κ2) is 11.7. The minimum absolute atomic E-state index is 0.0885. The van der Waals surface area contributed by atoms with Gasteiger partial charge >= 0.3 is 0 Å². The highest BCUT2D eigenvalue weighted by atomic mass is 79.9. The Morgan fingerprint density at radius 2 is 1.67 bits per heavy atom. The van der Waals surface area contributed by atoms with Crippen LogP contribution in [0.1, 0.15) is 18.1 Å². The molecule has 190 valence electrons. The summed E-state index contributed by atoms with van der Waals surface area (Å²) in [5.74, 6) is -1.54. The predicted molar refractivity (Wildman–Crippen MR) is 140 cm³/mol. The quantitative estimate of drug-likeness (QED) is 0.413. The van der Waals surface area contributed by atoms with Crippen LogP contribution >= 0.6 is 15.9 Å². The average Bonchev–Trinajstić information content (AvgIpc) is 2.85. The van der Waals surface area contributed by atoms with Crippen molar-refractivity contribution in [1.82, 2.24) is 10.2 Å². The molecule has 0 aliphatic rings. The molecular formula is C26H27BrFN3O4S. The molecule has 0 bridgehead atoms. The van der Waals surface area contributed by atoms with Gasteiger partial charge in [-0.25, -0.2) is 12.8 Å². The van der Waals surface area contributed by atoms with Crippen molar-refractivity contribution in [3.63, 3.8) is 0 Å². The van der Waals surface area contributed by atoms with Crippen molar-refractivity contribution in [1.29, 1.82) is 0 Å². The van der Waals surface area contributed by atoms with E-state index < -0.39 is 34.3 Å². The van der Waals surface area contributed by atoms with E-state index in [2.05, 4.69) is 21.2 Å². The van der Waals surface area contributed by atoms with Crippen LogP contribution in [0.5, 0.6) is 0 Å². The maximum absolute atomic E-state index is 13.6. The van der Waals surface area contributed by atoms with E-state index in [-0.39, 0.29) is 23.0 Å². The molecule has 0 fully saturated rings. The molecule has 3 rings (SSSR count). The van der Waals surface area contributed by atoms with Crippen LogP contribution < -0.4 is 9.62 Å². The van der Waals surface area contributed by atoms with E-state index >= 15 is 0 Å². The van der Waals surface area contributed by atoms with Crippen LogP contribution in [0.2, 0.25) is 0 Å². The molecule has 0 aromatic heterocycles. The van der Waals surface area contributed by atoms with Gasteiger partial charge in [0.2, 0.25) is 11.8 Å². The van der Waals surface area contributed by atoms with E-state index in [0.717, 1.165) is 44.2 Å². The Kier molecular flexibility index (Phi) is 8.86. The number of anilines is 1. The molecule has 3 aromatic carbocycles. The molecule has 2 amide bonds. The number of halogens is 2. The summed E-state index contributed by atoms with van der Waals surface area (Å²) in [5, 5.41) is 2.54. The second-order valence-electron chi connectivity index (χ2n) is 8.24. The average molecular weight is 576 g/mol. The first kappa shape index (κ1) is 27.3. The summed E-state index contributed by atoms with van der Waals surface area (Å²) in [4.78, 5) is 27.3. The van der Waals surface area contributed by atoms with Gasteiger partial charge in [0.15, 0.2) is 0 Å². The molecule has 0 saturated carbocycles. The number of aryl methyl sites for hydroxylation is 1. The maximum atomic E-state index is 13.6. The summed E-state index contributed by atoms with van der Waals surface area (Å²) in [6, 6.07) is 17.5. The van der Waals surface area contributed by atoms with Crippen molar-refractivity contribution >= 4 is 43.5 Å². The fourth-order valence-corrected chi connectivity index (χ4v) is 5.46. The van der Waals surface area contributed by atoms with Crippen LogP contribution in [0.3, 0.4) is 0 Å². The van der Waals surface area contributed by atoms with E-state index in [0.29, 0.717) is 0 Å². The molecule has 10 heteroatoms. The van der Waals surface area contributed by atoms with E-state index in [1.165, 1.54) is 11.9 Å². The van der Waals surface area contributed by atoms with Crippen LogP contribution in [0.4, 0.5) is 10.1 Å². The zero-order chi connectivity index (χ0) is 26.5. The van der Waals surface area contributed by atoms with Crippen molar-refractivity contribution in [3.8, 4) is 0 Å². The highest BCUT2D eigenvalue weighted by Crippen LogP contribution is 2.25. The molecule has 0 spiro atoms.